The number of hydrogen-bond acceptors (Lipinski definition) is 5. The summed E-state index contributed by atoms with van der Waals surface area (Å²) in [5.41, 5.74) is 0.745. The summed E-state index contributed by atoms with van der Waals surface area (Å²) in [6.45, 7) is 2.87. The molecule has 1 aromatic rings. The molecule has 0 amide bonds. The molecule has 0 aliphatic carbocycles. The summed E-state index contributed by atoms with van der Waals surface area (Å²) in [6.07, 6.45) is 0. The molecule has 0 fully saturated rings. The Morgan fingerprint density at radius 3 is 2.76 bits per heavy atom. The molecule has 90 valence electrons. The van der Waals surface area contributed by atoms with Crippen LogP contribution in [0.4, 0.5) is 11.4 Å². The molecule has 0 spiro atoms. The van der Waals surface area contributed by atoms with Gasteiger partial charge in [-0.15, -0.1) is 0 Å². The van der Waals surface area contributed by atoms with Gasteiger partial charge in [-0.3, -0.25) is 10.1 Å². The van der Waals surface area contributed by atoms with Gasteiger partial charge in [0.05, 0.1) is 22.8 Å². The van der Waals surface area contributed by atoms with Crippen molar-refractivity contribution in [2.24, 2.45) is 0 Å². The number of nitriles is 1. The molecule has 0 aromatic heterocycles. The molecular weight excluding hydrogens is 222 g/mol. The van der Waals surface area contributed by atoms with Gasteiger partial charge in [0.1, 0.15) is 6.07 Å². The topological polar surface area (TPSA) is 90.4 Å². The zero-order valence-electron chi connectivity index (χ0n) is 9.46. The van der Waals surface area contributed by atoms with Crippen LogP contribution in [0.2, 0.25) is 0 Å². The molecule has 0 atom stereocenters. The average Bonchev–Trinajstić information content (AvgIpc) is 2.35. The number of rotatable bonds is 5. The Balaban J connectivity index is 3.16. The molecule has 0 aliphatic heterocycles. The number of aliphatic hydroxyl groups is 1. The SMILES string of the molecule is CCN(CCO)c1ccc([N+](=O)[O-])cc1C#N. The van der Waals surface area contributed by atoms with Crippen LogP contribution in [0.5, 0.6) is 0 Å². The van der Waals surface area contributed by atoms with E-state index in [4.69, 9.17) is 10.4 Å². The zero-order chi connectivity index (χ0) is 12.8. The van der Waals surface area contributed by atoms with E-state index in [1.165, 1.54) is 18.2 Å². The van der Waals surface area contributed by atoms with Gasteiger partial charge < -0.3 is 10.0 Å². The highest BCUT2D eigenvalue weighted by Gasteiger charge is 2.14. The number of nitro benzene ring substituents is 1. The molecule has 0 saturated heterocycles. The standard InChI is InChI=1S/C11H13N3O3/c1-2-13(5-6-15)11-4-3-10(14(16)17)7-9(11)8-12/h3-4,7,15H,2,5-6H2,1H3. The Morgan fingerprint density at radius 1 is 1.59 bits per heavy atom. The first kappa shape index (κ1) is 12.9. The van der Waals surface area contributed by atoms with Gasteiger partial charge in [-0.1, -0.05) is 0 Å². The van der Waals surface area contributed by atoms with Crippen LogP contribution in [0.3, 0.4) is 0 Å². The van der Waals surface area contributed by atoms with Gasteiger partial charge in [-0.2, -0.15) is 5.26 Å². The summed E-state index contributed by atoms with van der Waals surface area (Å²) in [5, 5.41) is 28.5. The van der Waals surface area contributed by atoms with E-state index in [-0.39, 0.29) is 17.9 Å². The Bertz CT molecular complexity index is 454. The van der Waals surface area contributed by atoms with Crippen molar-refractivity contribution in [3.8, 4) is 6.07 Å². The minimum Gasteiger partial charge on any atom is -0.395 e. The van der Waals surface area contributed by atoms with Gasteiger partial charge in [0.25, 0.3) is 5.69 Å². The lowest BCUT2D eigenvalue weighted by atomic mass is 10.1. The van der Waals surface area contributed by atoms with Gasteiger partial charge in [0.2, 0.25) is 0 Å². The maximum atomic E-state index is 10.6. The van der Waals surface area contributed by atoms with Crippen molar-refractivity contribution in [1.29, 1.82) is 5.26 Å². The van der Waals surface area contributed by atoms with Gasteiger partial charge in [0.15, 0.2) is 0 Å². The van der Waals surface area contributed by atoms with Crippen molar-refractivity contribution in [3.63, 3.8) is 0 Å². The molecule has 6 nitrogen and oxygen atoms in total. The van der Waals surface area contributed by atoms with E-state index in [1.807, 2.05) is 13.0 Å². The van der Waals surface area contributed by atoms with Gasteiger partial charge >= 0.3 is 0 Å². The maximum Gasteiger partial charge on any atom is 0.270 e. The third-order valence-electron chi connectivity index (χ3n) is 2.40. The average molecular weight is 235 g/mol. The first-order chi connectivity index (χ1) is 8.13. The lowest BCUT2D eigenvalue weighted by molar-refractivity contribution is -0.384. The number of non-ortho nitro benzene ring substituents is 1. The highest BCUT2D eigenvalue weighted by atomic mass is 16.6. The largest absolute Gasteiger partial charge is 0.395 e. The molecule has 0 unspecified atom stereocenters. The van der Waals surface area contributed by atoms with E-state index in [0.717, 1.165) is 0 Å². The second-order valence-electron chi connectivity index (χ2n) is 3.37. The smallest absolute Gasteiger partial charge is 0.270 e. The summed E-state index contributed by atoms with van der Waals surface area (Å²) in [5.74, 6) is 0. The van der Waals surface area contributed by atoms with Crippen LogP contribution in [-0.4, -0.2) is 29.7 Å². The Hall–Kier alpha value is -2.13. The van der Waals surface area contributed by atoms with Crippen molar-refractivity contribution < 1.29 is 10.0 Å². The first-order valence-electron chi connectivity index (χ1n) is 5.18. The molecule has 0 radical (unpaired) electrons. The number of anilines is 1. The molecular formula is C11H13N3O3. The quantitative estimate of drug-likeness (QED) is 0.613. The molecule has 17 heavy (non-hydrogen) atoms. The van der Waals surface area contributed by atoms with Gasteiger partial charge in [0, 0.05) is 25.2 Å². The van der Waals surface area contributed by atoms with Crippen LogP contribution in [0.25, 0.3) is 0 Å². The second kappa shape index (κ2) is 5.82. The fraction of sp³-hybridized carbons (Fsp3) is 0.364. The lowest BCUT2D eigenvalue weighted by Crippen LogP contribution is -2.26. The molecule has 1 rings (SSSR count). The molecule has 1 aromatic carbocycles. The number of benzene rings is 1. The van der Waals surface area contributed by atoms with Crippen LogP contribution >= 0.6 is 0 Å². The van der Waals surface area contributed by atoms with Crippen molar-refractivity contribution in [3.05, 3.63) is 33.9 Å². The first-order valence-corrected chi connectivity index (χ1v) is 5.18. The minimum atomic E-state index is -0.535. The molecule has 6 heteroatoms. The summed E-state index contributed by atoms with van der Waals surface area (Å²) < 4.78 is 0. The van der Waals surface area contributed by atoms with Gasteiger partial charge in [-0.25, -0.2) is 0 Å². The van der Waals surface area contributed by atoms with E-state index in [0.29, 0.717) is 18.8 Å². The Labute approximate surface area is 98.9 Å². The monoisotopic (exact) mass is 235 g/mol. The molecule has 0 heterocycles. The summed E-state index contributed by atoms with van der Waals surface area (Å²) in [6, 6.07) is 6.08. The van der Waals surface area contributed by atoms with E-state index < -0.39 is 4.92 Å². The van der Waals surface area contributed by atoms with Crippen molar-refractivity contribution >= 4 is 11.4 Å². The predicted octanol–water partition coefficient (Wildman–Crippen LogP) is 1.29. The number of nitro groups is 1. The van der Waals surface area contributed by atoms with E-state index in [1.54, 1.807) is 4.90 Å². The molecule has 0 bridgehead atoms. The normalized spacial score (nSPS) is 9.71. The third kappa shape index (κ3) is 2.92. The zero-order valence-corrected chi connectivity index (χ0v) is 9.46. The van der Waals surface area contributed by atoms with E-state index in [2.05, 4.69) is 0 Å². The Morgan fingerprint density at radius 2 is 2.29 bits per heavy atom. The highest BCUT2D eigenvalue weighted by molar-refractivity contribution is 5.62. The van der Waals surface area contributed by atoms with E-state index >= 15 is 0 Å². The Kier molecular flexibility index (Phi) is 4.43. The molecule has 0 saturated carbocycles. The van der Waals surface area contributed by atoms with Crippen LogP contribution in [0.1, 0.15) is 12.5 Å². The molecule has 0 aliphatic rings. The van der Waals surface area contributed by atoms with Crippen LogP contribution < -0.4 is 4.90 Å². The number of nitrogens with zero attached hydrogens (tertiary/aromatic N) is 3. The third-order valence-corrected chi connectivity index (χ3v) is 2.40. The summed E-state index contributed by atoms with van der Waals surface area (Å²) >= 11 is 0. The van der Waals surface area contributed by atoms with Gasteiger partial charge in [-0.05, 0) is 13.0 Å². The van der Waals surface area contributed by atoms with Crippen molar-refractivity contribution in [2.75, 3.05) is 24.6 Å². The summed E-state index contributed by atoms with van der Waals surface area (Å²) in [4.78, 5) is 11.8. The number of aliphatic hydroxyl groups excluding tert-OH is 1. The predicted molar refractivity (Wildman–Crippen MR) is 62.8 cm³/mol. The van der Waals surface area contributed by atoms with Crippen molar-refractivity contribution in [2.45, 2.75) is 6.92 Å². The van der Waals surface area contributed by atoms with Crippen molar-refractivity contribution in [1.82, 2.24) is 0 Å². The lowest BCUT2D eigenvalue weighted by Gasteiger charge is -2.22. The van der Waals surface area contributed by atoms with Crippen LogP contribution in [-0.2, 0) is 0 Å². The number of likely N-dealkylation sites (N-methyl/N-ethyl adjacent to an activating group) is 1. The minimum absolute atomic E-state index is 0.0320. The second-order valence-corrected chi connectivity index (χ2v) is 3.37. The summed E-state index contributed by atoms with van der Waals surface area (Å²) in [7, 11) is 0. The highest BCUT2D eigenvalue weighted by Crippen LogP contribution is 2.24. The van der Waals surface area contributed by atoms with Crippen LogP contribution in [0, 0.1) is 21.4 Å². The fourth-order valence-electron chi connectivity index (χ4n) is 1.57. The molecule has 1 N–H and O–H groups in total. The van der Waals surface area contributed by atoms with E-state index in [9.17, 15) is 10.1 Å². The fourth-order valence-corrected chi connectivity index (χ4v) is 1.57. The van der Waals surface area contributed by atoms with Crippen LogP contribution in [0.15, 0.2) is 18.2 Å². The maximum absolute atomic E-state index is 10.6. The number of hydrogen-bond donors (Lipinski definition) is 1.